The molecule has 4 fully saturated rings. The molecule has 0 spiro atoms. The van der Waals surface area contributed by atoms with Gasteiger partial charge in [0, 0.05) is 24.2 Å². The molecule has 0 saturated heterocycles. The highest BCUT2D eigenvalue weighted by Crippen LogP contribution is 2.41. The van der Waals surface area contributed by atoms with E-state index in [-0.39, 0.29) is 47.9 Å². The van der Waals surface area contributed by atoms with E-state index in [1.54, 1.807) is 18.2 Å². The van der Waals surface area contributed by atoms with Crippen LogP contribution in [0.15, 0.2) is 23.2 Å². The first kappa shape index (κ1) is 19.9. The maximum Gasteiger partial charge on any atom is 0.335 e. The number of carbonyl (C=O) groups is 2. The molecule has 0 unspecified atom stereocenters. The highest BCUT2D eigenvalue weighted by molar-refractivity contribution is 6.39. The zero-order valence-electron chi connectivity index (χ0n) is 16.6. The van der Waals surface area contributed by atoms with Gasteiger partial charge in [-0.2, -0.15) is 4.90 Å². The van der Waals surface area contributed by atoms with Crippen LogP contribution in [-0.2, 0) is 0 Å². The zero-order valence-corrected chi connectivity index (χ0v) is 18.1. The number of amides is 4. The lowest BCUT2D eigenvalue weighted by Crippen LogP contribution is -2.58. The summed E-state index contributed by atoms with van der Waals surface area (Å²) >= 11 is 12.5. The fourth-order valence-electron chi connectivity index (χ4n) is 3.90. The highest BCUT2D eigenvalue weighted by atomic mass is 35.5. The molecule has 0 radical (unpaired) electrons. The van der Waals surface area contributed by atoms with Gasteiger partial charge < -0.3 is 15.5 Å². The quantitative estimate of drug-likeness (QED) is 0.520. The van der Waals surface area contributed by atoms with Crippen LogP contribution in [0, 0.1) is 0 Å². The molecule has 4 saturated carbocycles. The molecule has 0 heterocycles. The van der Waals surface area contributed by atoms with Crippen LogP contribution < -0.4 is 5.73 Å². The monoisotopic (exact) mass is 449 g/mol. The molecular formula is C21H25Cl2N5O2. The van der Waals surface area contributed by atoms with E-state index in [1.807, 2.05) is 9.80 Å². The Hall–Kier alpha value is -1.99. The van der Waals surface area contributed by atoms with Crippen LogP contribution in [0.25, 0.3) is 0 Å². The van der Waals surface area contributed by atoms with E-state index < -0.39 is 0 Å². The number of imide groups is 1. The second-order valence-corrected chi connectivity index (χ2v) is 9.49. The molecule has 0 atom stereocenters. The van der Waals surface area contributed by atoms with E-state index in [0.717, 1.165) is 56.3 Å². The van der Waals surface area contributed by atoms with Gasteiger partial charge >= 0.3 is 12.1 Å². The van der Waals surface area contributed by atoms with Crippen molar-refractivity contribution < 1.29 is 9.59 Å². The van der Waals surface area contributed by atoms with Crippen molar-refractivity contribution in [3.8, 4) is 0 Å². The highest BCUT2D eigenvalue weighted by Gasteiger charge is 2.50. The Morgan fingerprint density at radius 3 is 1.50 bits per heavy atom. The van der Waals surface area contributed by atoms with E-state index in [0.29, 0.717) is 10.0 Å². The van der Waals surface area contributed by atoms with Crippen molar-refractivity contribution in [3.05, 3.63) is 28.2 Å². The van der Waals surface area contributed by atoms with E-state index in [2.05, 4.69) is 4.99 Å². The fraction of sp³-hybridized carbons (Fsp3) is 0.571. The lowest BCUT2D eigenvalue weighted by Gasteiger charge is -2.33. The first-order chi connectivity index (χ1) is 14.5. The summed E-state index contributed by atoms with van der Waals surface area (Å²) in [6.07, 6.45) is 7.72. The number of aliphatic imine (C=N–C) groups is 1. The summed E-state index contributed by atoms with van der Waals surface area (Å²) in [6, 6.07) is 5.00. The van der Waals surface area contributed by atoms with Gasteiger partial charge in [-0.15, -0.1) is 0 Å². The molecule has 5 rings (SSSR count). The van der Waals surface area contributed by atoms with Crippen molar-refractivity contribution in [3.63, 3.8) is 0 Å². The molecule has 2 N–H and O–H groups in total. The maximum atomic E-state index is 13.6. The third kappa shape index (κ3) is 3.97. The normalized spacial score (nSPS) is 21.3. The van der Waals surface area contributed by atoms with Gasteiger partial charge in [0.1, 0.15) is 5.69 Å². The number of hydrogen-bond acceptors (Lipinski definition) is 3. The van der Waals surface area contributed by atoms with Crippen molar-refractivity contribution in [1.82, 2.24) is 14.7 Å². The van der Waals surface area contributed by atoms with Crippen LogP contribution in [0.3, 0.4) is 0 Å². The Labute approximate surface area is 185 Å². The molecule has 4 aliphatic carbocycles. The Morgan fingerprint density at radius 1 is 0.800 bits per heavy atom. The molecule has 0 aliphatic heterocycles. The van der Waals surface area contributed by atoms with Crippen molar-refractivity contribution in [2.24, 2.45) is 10.7 Å². The smallest absolute Gasteiger partial charge is 0.335 e. The maximum absolute atomic E-state index is 13.6. The number of carbonyl (C=O) groups excluding carboxylic acids is 2. The fourth-order valence-corrected chi connectivity index (χ4v) is 4.38. The average molecular weight is 450 g/mol. The lowest BCUT2D eigenvalue weighted by molar-refractivity contribution is 0.146. The second kappa shape index (κ2) is 7.61. The molecule has 30 heavy (non-hydrogen) atoms. The largest absolute Gasteiger partial charge is 0.369 e. The van der Waals surface area contributed by atoms with Gasteiger partial charge in [0.15, 0.2) is 0 Å². The van der Waals surface area contributed by atoms with Crippen molar-refractivity contribution >= 4 is 46.9 Å². The standard InChI is InChI=1S/C21H25Cl2N5O2/c22-16-2-1-3-17(23)18(16)25-19(24)28(20(29)26(12-4-5-12)13-6-7-13)21(30)27(14-8-9-14)15-10-11-15/h1-3,12-15H,4-11H2,(H2,24,25). The minimum absolute atomic E-state index is 0.183. The number of para-hydroxylation sites is 1. The lowest BCUT2D eigenvalue weighted by atomic mass is 10.3. The third-order valence-electron chi connectivity index (χ3n) is 5.98. The number of urea groups is 2. The summed E-state index contributed by atoms with van der Waals surface area (Å²) in [6.45, 7) is 0. The molecular weight excluding hydrogens is 425 g/mol. The first-order valence-corrected chi connectivity index (χ1v) is 11.4. The number of benzene rings is 1. The summed E-state index contributed by atoms with van der Waals surface area (Å²) in [5, 5.41) is 0.626. The Morgan fingerprint density at radius 2 is 1.17 bits per heavy atom. The third-order valence-corrected chi connectivity index (χ3v) is 6.59. The van der Waals surface area contributed by atoms with Gasteiger partial charge in [0.05, 0.1) is 10.0 Å². The molecule has 160 valence electrons. The minimum atomic E-state index is -0.374. The minimum Gasteiger partial charge on any atom is -0.369 e. The van der Waals surface area contributed by atoms with Crippen molar-refractivity contribution in [1.29, 1.82) is 0 Å². The SMILES string of the molecule is NC(=Nc1c(Cl)cccc1Cl)N(C(=O)N(C1CC1)C1CC1)C(=O)N(C1CC1)C1CC1. The molecule has 0 aromatic heterocycles. The topological polar surface area (TPSA) is 82.2 Å². The van der Waals surface area contributed by atoms with Crippen molar-refractivity contribution in [2.75, 3.05) is 0 Å². The molecule has 1 aromatic rings. The van der Waals surface area contributed by atoms with E-state index in [1.165, 1.54) is 0 Å². The van der Waals surface area contributed by atoms with Gasteiger partial charge in [-0.25, -0.2) is 14.6 Å². The molecule has 1 aromatic carbocycles. The van der Waals surface area contributed by atoms with E-state index in [9.17, 15) is 9.59 Å². The van der Waals surface area contributed by atoms with Gasteiger partial charge in [-0.05, 0) is 63.5 Å². The Bertz CT molecular complexity index is 822. The molecule has 0 bridgehead atoms. The number of nitrogens with zero attached hydrogens (tertiary/aromatic N) is 4. The number of nitrogens with two attached hydrogens (primary N) is 1. The number of guanidine groups is 1. The molecule has 4 aliphatic rings. The summed E-state index contributed by atoms with van der Waals surface area (Å²) in [7, 11) is 0. The average Bonchev–Trinajstić information content (AvgIpc) is 3.55. The van der Waals surface area contributed by atoms with E-state index >= 15 is 0 Å². The van der Waals surface area contributed by atoms with Crippen LogP contribution in [0.1, 0.15) is 51.4 Å². The summed E-state index contributed by atoms with van der Waals surface area (Å²) in [5.74, 6) is -0.183. The number of rotatable bonds is 5. The zero-order chi connectivity index (χ0) is 21.0. The number of halogens is 2. The first-order valence-electron chi connectivity index (χ1n) is 10.7. The van der Waals surface area contributed by atoms with Crippen LogP contribution in [-0.4, -0.2) is 56.9 Å². The number of hydrogen-bond donors (Lipinski definition) is 1. The summed E-state index contributed by atoms with van der Waals surface area (Å²) in [4.78, 5) is 36.3. The molecule has 9 heteroatoms. The predicted octanol–water partition coefficient (Wildman–Crippen LogP) is 4.74. The van der Waals surface area contributed by atoms with Crippen LogP contribution in [0.4, 0.5) is 15.3 Å². The Kier molecular flexibility index (Phi) is 5.06. The predicted molar refractivity (Wildman–Crippen MR) is 116 cm³/mol. The Balaban J connectivity index is 1.51. The summed E-state index contributed by atoms with van der Waals surface area (Å²) in [5.41, 5.74) is 6.57. The second-order valence-electron chi connectivity index (χ2n) is 8.68. The van der Waals surface area contributed by atoms with Crippen LogP contribution in [0.2, 0.25) is 10.0 Å². The van der Waals surface area contributed by atoms with E-state index in [4.69, 9.17) is 28.9 Å². The van der Waals surface area contributed by atoms with Crippen LogP contribution >= 0.6 is 23.2 Å². The van der Waals surface area contributed by atoms with Gasteiger partial charge in [0.25, 0.3) is 0 Å². The molecule has 4 amide bonds. The summed E-state index contributed by atoms with van der Waals surface area (Å²) < 4.78 is 0. The molecule has 7 nitrogen and oxygen atoms in total. The van der Waals surface area contributed by atoms with Gasteiger partial charge in [0.2, 0.25) is 5.96 Å². The van der Waals surface area contributed by atoms with Gasteiger partial charge in [-0.1, -0.05) is 29.3 Å². The van der Waals surface area contributed by atoms with Crippen molar-refractivity contribution in [2.45, 2.75) is 75.5 Å². The van der Waals surface area contributed by atoms with Crippen LogP contribution in [0.5, 0.6) is 0 Å². The van der Waals surface area contributed by atoms with Gasteiger partial charge in [-0.3, -0.25) is 0 Å².